The van der Waals surface area contributed by atoms with E-state index in [1.54, 1.807) is 6.26 Å². The lowest BCUT2D eigenvalue weighted by molar-refractivity contribution is 0.582. The summed E-state index contributed by atoms with van der Waals surface area (Å²) in [5.41, 5.74) is 5.57. The van der Waals surface area contributed by atoms with Crippen LogP contribution in [0.1, 0.15) is 0 Å². The highest BCUT2D eigenvalue weighted by molar-refractivity contribution is 6.18. The topological polar surface area (TPSA) is 46.8 Å². The maximum atomic E-state index is 5.60. The highest BCUT2D eigenvalue weighted by Crippen LogP contribution is 2.37. The highest BCUT2D eigenvalue weighted by Gasteiger charge is 2.18. The van der Waals surface area contributed by atoms with Crippen LogP contribution in [0.25, 0.3) is 50.0 Å². The molecule has 0 aliphatic carbocycles. The Morgan fingerprint density at radius 3 is 2.63 bits per heavy atom. The van der Waals surface area contributed by atoms with Crippen molar-refractivity contribution in [3.8, 4) is 17.1 Å². The van der Waals surface area contributed by atoms with E-state index in [1.165, 1.54) is 5.39 Å². The molecule has 0 saturated heterocycles. The van der Waals surface area contributed by atoms with Crippen LogP contribution < -0.4 is 0 Å². The van der Waals surface area contributed by atoms with Crippen LogP contribution in [0, 0.1) is 0 Å². The second kappa shape index (κ2) is 5.35. The third-order valence-corrected chi connectivity index (χ3v) is 5.09. The number of pyridine rings is 1. The molecule has 0 atom stereocenters. The summed E-state index contributed by atoms with van der Waals surface area (Å²) in [6.07, 6.45) is 3.54. The number of benzene rings is 2. The van der Waals surface area contributed by atoms with Gasteiger partial charge >= 0.3 is 0 Å². The molecule has 0 spiro atoms. The smallest absolute Gasteiger partial charge is 0.137 e. The van der Waals surface area contributed by atoms with Gasteiger partial charge in [-0.05, 0) is 48.5 Å². The fourth-order valence-electron chi connectivity index (χ4n) is 3.93. The Kier molecular flexibility index (Phi) is 2.85. The van der Waals surface area contributed by atoms with Crippen molar-refractivity contribution in [2.45, 2.75) is 0 Å². The van der Waals surface area contributed by atoms with Crippen LogP contribution in [-0.2, 0) is 0 Å². The molecule has 0 saturated carbocycles. The minimum absolute atomic E-state index is 0.867. The third-order valence-electron chi connectivity index (χ3n) is 5.09. The summed E-state index contributed by atoms with van der Waals surface area (Å²) in [6, 6.07) is 24.7. The summed E-state index contributed by atoms with van der Waals surface area (Å²) in [4.78, 5) is 8.22. The molecule has 0 unspecified atom stereocenters. The van der Waals surface area contributed by atoms with E-state index in [2.05, 4.69) is 57.0 Å². The zero-order chi connectivity index (χ0) is 17.8. The Labute approximate surface area is 154 Å². The van der Waals surface area contributed by atoms with E-state index in [0.29, 0.717) is 0 Å². The standard InChI is InChI=1S/C23H15N3O/c1-2-7-18-16(6-1)23-22(25-18)17-14-15(20-8-5-13-27-20)10-11-19(17)26(23)21-9-3-4-12-24-21/h1-14,25H. The summed E-state index contributed by atoms with van der Waals surface area (Å²) in [7, 11) is 0. The number of fused-ring (bicyclic) bond motifs is 5. The van der Waals surface area contributed by atoms with E-state index < -0.39 is 0 Å². The molecule has 6 aromatic rings. The van der Waals surface area contributed by atoms with Gasteiger partial charge in [0.15, 0.2) is 0 Å². The van der Waals surface area contributed by atoms with Crippen LogP contribution in [-0.4, -0.2) is 14.5 Å². The monoisotopic (exact) mass is 349 g/mol. The largest absolute Gasteiger partial charge is 0.464 e. The quantitative estimate of drug-likeness (QED) is 0.422. The molecule has 0 bridgehead atoms. The van der Waals surface area contributed by atoms with Crippen LogP contribution in [0.15, 0.2) is 89.7 Å². The van der Waals surface area contributed by atoms with E-state index >= 15 is 0 Å². The van der Waals surface area contributed by atoms with Crippen molar-refractivity contribution < 1.29 is 4.42 Å². The third kappa shape index (κ3) is 2.01. The second-order valence-electron chi connectivity index (χ2n) is 6.63. The molecule has 1 N–H and O–H groups in total. The number of aromatic amines is 1. The predicted octanol–water partition coefficient (Wildman–Crippen LogP) is 5.92. The van der Waals surface area contributed by atoms with Gasteiger partial charge in [0.05, 0.1) is 22.8 Å². The first-order chi connectivity index (χ1) is 13.4. The van der Waals surface area contributed by atoms with E-state index in [4.69, 9.17) is 4.42 Å². The molecule has 0 aliphatic rings. The second-order valence-corrected chi connectivity index (χ2v) is 6.63. The maximum Gasteiger partial charge on any atom is 0.137 e. The number of rotatable bonds is 2. The molecule has 0 fully saturated rings. The Bertz CT molecular complexity index is 1410. The number of furan rings is 1. The molecule has 4 heterocycles. The molecule has 4 heteroatoms. The summed E-state index contributed by atoms with van der Waals surface area (Å²) >= 11 is 0. The predicted molar refractivity (Wildman–Crippen MR) is 108 cm³/mol. The van der Waals surface area contributed by atoms with Gasteiger partial charge in [-0.1, -0.05) is 24.3 Å². The van der Waals surface area contributed by atoms with Crippen molar-refractivity contribution in [3.63, 3.8) is 0 Å². The van der Waals surface area contributed by atoms with E-state index in [-0.39, 0.29) is 0 Å². The van der Waals surface area contributed by atoms with E-state index in [9.17, 15) is 0 Å². The Morgan fingerprint density at radius 2 is 1.78 bits per heavy atom. The number of para-hydroxylation sites is 1. The first-order valence-electron chi connectivity index (χ1n) is 8.90. The molecule has 6 rings (SSSR count). The van der Waals surface area contributed by atoms with Crippen LogP contribution in [0.4, 0.5) is 0 Å². The number of hydrogen-bond donors (Lipinski definition) is 1. The van der Waals surface area contributed by atoms with Crippen molar-refractivity contribution >= 4 is 32.8 Å². The zero-order valence-corrected chi connectivity index (χ0v) is 14.4. The molecular weight excluding hydrogens is 334 g/mol. The Balaban J connectivity index is 1.79. The minimum Gasteiger partial charge on any atom is -0.464 e. The van der Waals surface area contributed by atoms with Gasteiger partial charge in [0.25, 0.3) is 0 Å². The van der Waals surface area contributed by atoms with Crippen molar-refractivity contribution in [2.75, 3.05) is 0 Å². The Morgan fingerprint density at radius 1 is 0.852 bits per heavy atom. The fourth-order valence-corrected chi connectivity index (χ4v) is 3.93. The lowest BCUT2D eigenvalue weighted by atomic mass is 10.1. The van der Waals surface area contributed by atoms with Crippen LogP contribution in [0.5, 0.6) is 0 Å². The van der Waals surface area contributed by atoms with Gasteiger partial charge in [0.1, 0.15) is 11.6 Å². The normalized spacial score (nSPS) is 11.7. The van der Waals surface area contributed by atoms with Gasteiger partial charge < -0.3 is 9.40 Å². The van der Waals surface area contributed by atoms with Crippen LogP contribution in [0.2, 0.25) is 0 Å². The van der Waals surface area contributed by atoms with Gasteiger partial charge in [0.2, 0.25) is 0 Å². The van der Waals surface area contributed by atoms with Gasteiger partial charge in [0, 0.05) is 28.0 Å². The number of nitrogens with one attached hydrogen (secondary N) is 1. The lowest BCUT2D eigenvalue weighted by Crippen LogP contribution is -1.96. The minimum atomic E-state index is 0.867. The molecular formula is C23H15N3O. The van der Waals surface area contributed by atoms with Gasteiger partial charge in [-0.25, -0.2) is 4.98 Å². The maximum absolute atomic E-state index is 5.60. The van der Waals surface area contributed by atoms with Crippen molar-refractivity contribution in [1.29, 1.82) is 0 Å². The average Bonchev–Trinajstić information content (AvgIpc) is 3.43. The van der Waals surface area contributed by atoms with E-state index in [0.717, 1.165) is 44.6 Å². The molecule has 2 aromatic carbocycles. The SMILES string of the molecule is c1ccc(-n2c3ccc(-c4ccco4)cc3c3[nH]c4ccccc4c32)nc1. The van der Waals surface area contributed by atoms with Crippen molar-refractivity contribution in [1.82, 2.24) is 14.5 Å². The molecule has 0 radical (unpaired) electrons. The molecule has 4 aromatic heterocycles. The molecule has 4 nitrogen and oxygen atoms in total. The fraction of sp³-hybridized carbons (Fsp3) is 0. The van der Waals surface area contributed by atoms with Gasteiger partial charge in [-0.15, -0.1) is 0 Å². The molecule has 27 heavy (non-hydrogen) atoms. The Hall–Kier alpha value is -3.79. The summed E-state index contributed by atoms with van der Waals surface area (Å²) in [5.74, 6) is 1.78. The number of aromatic nitrogens is 3. The summed E-state index contributed by atoms with van der Waals surface area (Å²) in [5, 5.41) is 2.34. The number of H-pyrrole nitrogens is 1. The number of hydrogen-bond acceptors (Lipinski definition) is 2. The van der Waals surface area contributed by atoms with Gasteiger partial charge in [-0.3, -0.25) is 4.57 Å². The highest BCUT2D eigenvalue weighted by atomic mass is 16.3. The first kappa shape index (κ1) is 14.4. The van der Waals surface area contributed by atoms with Crippen LogP contribution in [0.3, 0.4) is 0 Å². The van der Waals surface area contributed by atoms with E-state index in [1.807, 2.05) is 36.5 Å². The van der Waals surface area contributed by atoms with Crippen LogP contribution >= 0.6 is 0 Å². The summed E-state index contributed by atoms with van der Waals surface area (Å²) < 4.78 is 7.83. The molecule has 128 valence electrons. The zero-order valence-electron chi connectivity index (χ0n) is 14.4. The number of nitrogens with zero attached hydrogens (tertiary/aromatic N) is 2. The van der Waals surface area contributed by atoms with Gasteiger partial charge in [-0.2, -0.15) is 0 Å². The summed E-state index contributed by atoms with van der Waals surface area (Å²) in [6.45, 7) is 0. The molecule has 0 aliphatic heterocycles. The average molecular weight is 349 g/mol. The molecule has 0 amide bonds. The lowest BCUT2D eigenvalue weighted by Gasteiger charge is -2.06. The van der Waals surface area contributed by atoms with Crippen molar-refractivity contribution in [3.05, 3.63) is 85.3 Å². The van der Waals surface area contributed by atoms with Crippen molar-refractivity contribution in [2.24, 2.45) is 0 Å². The first-order valence-corrected chi connectivity index (χ1v) is 8.90.